The minimum Gasteiger partial charge on any atom is -0.506 e. The first-order chi connectivity index (χ1) is 9.56. The zero-order chi connectivity index (χ0) is 14.5. The lowest BCUT2D eigenvalue weighted by Gasteiger charge is -2.08. The van der Waals surface area contributed by atoms with E-state index in [1.807, 2.05) is 0 Å². The highest BCUT2D eigenvalue weighted by Crippen LogP contribution is 2.26. The molecule has 0 radical (unpaired) electrons. The van der Waals surface area contributed by atoms with Gasteiger partial charge in [-0.2, -0.15) is 0 Å². The fourth-order valence-electron chi connectivity index (χ4n) is 1.46. The largest absolute Gasteiger partial charge is 0.506 e. The van der Waals surface area contributed by atoms with Crippen LogP contribution in [0, 0.1) is 0 Å². The number of phenolic OH excluding ortho intramolecular Hbond substituents is 1. The van der Waals surface area contributed by atoms with Crippen LogP contribution >= 0.6 is 22.9 Å². The highest BCUT2D eigenvalue weighted by atomic mass is 35.5. The number of carbonyl (C=O) groups excluding carboxylic acids is 2. The van der Waals surface area contributed by atoms with E-state index in [2.05, 4.69) is 10.6 Å². The molecule has 0 saturated carbocycles. The summed E-state index contributed by atoms with van der Waals surface area (Å²) < 4.78 is 0. The Labute approximate surface area is 124 Å². The van der Waals surface area contributed by atoms with E-state index < -0.39 is 5.91 Å². The molecule has 20 heavy (non-hydrogen) atoms. The molecule has 0 spiro atoms. The Morgan fingerprint density at radius 3 is 2.80 bits per heavy atom. The summed E-state index contributed by atoms with van der Waals surface area (Å²) in [5.74, 6) is -0.856. The zero-order valence-corrected chi connectivity index (χ0v) is 11.8. The molecule has 1 aromatic heterocycles. The first-order valence-electron chi connectivity index (χ1n) is 5.66. The molecule has 3 N–H and O–H groups in total. The van der Waals surface area contributed by atoms with Crippen LogP contribution in [0.15, 0.2) is 35.7 Å². The predicted molar refractivity (Wildman–Crippen MR) is 78.4 cm³/mol. The van der Waals surface area contributed by atoms with Crippen LogP contribution in [0.25, 0.3) is 0 Å². The highest BCUT2D eigenvalue weighted by Gasteiger charge is 2.10. The third-order valence-corrected chi connectivity index (χ3v) is 3.49. The Hall–Kier alpha value is -2.05. The van der Waals surface area contributed by atoms with E-state index in [0.29, 0.717) is 9.90 Å². The van der Waals surface area contributed by atoms with Crippen LogP contribution in [-0.4, -0.2) is 23.5 Å². The molecular formula is C13H11ClN2O3S. The fraction of sp³-hybridized carbons (Fsp3) is 0.0769. The highest BCUT2D eigenvalue weighted by molar-refractivity contribution is 7.12. The Balaban J connectivity index is 1.90. The van der Waals surface area contributed by atoms with E-state index in [0.717, 1.165) is 0 Å². The zero-order valence-electron chi connectivity index (χ0n) is 10.2. The maximum absolute atomic E-state index is 11.7. The van der Waals surface area contributed by atoms with Crippen molar-refractivity contribution in [1.82, 2.24) is 5.32 Å². The van der Waals surface area contributed by atoms with Crippen molar-refractivity contribution in [3.05, 3.63) is 45.6 Å². The number of rotatable bonds is 4. The number of nitrogens with one attached hydrogen (secondary N) is 2. The number of benzene rings is 1. The molecule has 0 saturated heterocycles. The number of aromatic hydroxyl groups is 1. The van der Waals surface area contributed by atoms with Crippen molar-refractivity contribution in [1.29, 1.82) is 0 Å². The summed E-state index contributed by atoms with van der Waals surface area (Å²) in [6.07, 6.45) is 0. The summed E-state index contributed by atoms with van der Waals surface area (Å²) in [6, 6.07) is 7.73. The van der Waals surface area contributed by atoms with Gasteiger partial charge >= 0.3 is 0 Å². The van der Waals surface area contributed by atoms with Crippen LogP contribution in [0.3, 0.4) is 0 Å². The average Bonchev–Trinajstić information content (AvgIpc) is 2.94. The fourth-order valence-corrected chi connectivity index (χ4v) is 2.27. The van der Waals surface area contributed by atoms with E-state index in [1.54, 1.807) is 17.5 Å². The van der Waals surface area contributed by atoms with Gasteiger partial charge in [-0.05, 0) is 29.6 Å². The van der Waals surface area contributed by atoms with E-state index in [1.165, 1.54) is 29.5 Å². The number of phenols is 1. The molecule has 0 bridgehead atoms. The molecule has 5 nitrogen and oxygen atoms in total. The Kier molecular flexibility index (Phi) is 4.60. The lowest BCUT2D eigenvalue weighted by atomic mass is 10.3. The van der Waals surface area contributed by atoms with Crippen LogP contribution in [-0.2, 0) is 4.79 Å². The lowest BCUT2D eigenvalue weighted by Crippen LogP contribution is -2.32. The van der Waals surface area contributed by atoms with E-state index in [-0.39, 0.29) is 23.9 Å². The first-order valence-corrected chi connectivity index (χ1v) is 6.92. The standard InChI is InChI=1S/C13H11ClN2O3S/c14-8-3-4-10(17)9(6-8)16-12(18)7-15-13(19)11-2-1-5-20-11/h1-6,17H,7H2,(H,15,19)(H,16,18). The molecule has 2 aromatic rings. The number of anilines is 1. The van der Waals surface area contributed by atoms with Crippen LogP contribution in [0.5, 0.6) is 5.75 Å². The van der Waals surface area contributed by atoms with Gasteiger partial charge in [0.15, 0.2) is 0 Å². The van der Waals surface area contributed by atoms with E-state index in [9.17, 15) is 14.7 Å². The third-order valence-electron chi connectivity index (χ3n) is 2.39. The SMILES string of the molecule is O=C(CNC(=O)c1cccs1)Nc1cc(Cl)ccc1O. The summed E-state index contributed by atoms with van der Waals surface area (Å²) in [7, 11) is 0. The molecule has 0 atom stereocenters. The van der Waals surface area contributed by atoms with E-state index in [4.69, 9.17) is 11.6 Å². The van der Waals surface area contributed by atoms with Gasteiger partial charge in [0.25, 0.3) is 5.91 Å². The normalized spacial score (nSPS) is 10.1. The second kappa shape index (κ2) is 6.40. The molecule has 0 aliphatic carbocycles. The molecule has 0 fully saturated rings. The second-order valence-corrected chi connectivity index (χ2v) is 5.25. The smallest absolute Gasteiger partial charge is 0.261 e. The van der Waals surface area contributed by atoms with Gasteiger partial charge in [-0.3, -0.25) is 9.59 Å². The number of halogens is 1. The van der Waals surface area contributed by atoms with Crippen molar-refractivity contribution in [3.63, 3.8) is 0 Å². The van der Waals surface area contributed by atoms with E-state index >= 15 is 0 Å². The van der Waals surface area contributed by atoms with Crippen LogP contribution in [0.4, 0.5) is 5.69 Å². The number of hydrogen-bond acceptors (Lipinski definition) is 4. The quantitative estimate of drug-likeness (QED) is 0.759. The van der Waals surface area contributed by atoms with Crippen molar-refractivity contribution in [3.8, 4) is 5.75 Å². The van der Waals surface area contributed by atoms with Crippen molar-refractivity contribution < 1.29 is 14.7 Å². The van der Waals surface area contributed by atoms with Crippen molar-refractivity contribution in [2.24, 2.45) is 0 Å². The molecule has 0 unspecified atom stereocenters. The summed E-state index contributed by atoms with van der Waals surface area (Å²) in [5, 5.41) is 16.7. The van der Waals surface area contributed by atoms with Gasteiger partial charge in [0.1, 0.15) is 5.75 Å². The number of thiophene rings is 1. The summed E-state index contributed by atoms with van der Waals surface area (Å²) in [4.78, 5) is 23.8. The van der Waals surface area contributed by atoms with Crippen molar-refractivity contribution >= 4 is 40.4 Å². The first kappa shape index (κ1) is 14.4. The van der Waals surface area contributed by atoms with Gasteiger partial charge in [0.2, 0.25) is 5.91 Å². The van der Waals surface area contributed by atoms with Crippen molar-refractivity contribution in [2.75, 3.05) is 11.9 Å². The number of amides is 2. The molecule has 2 rings (SSSR count). The summed E-state index contributed by atoms with van der Waals surface area (Å²) in [5.41, 5.74) is 0.202. The topological polar surface area (TPSA) is 78.4 Å². The number of carbonyl (C=O) groups is 2. The molecular weight excluding hydrogens is 300 g/mol. The Morgan fingerprint density at radius 1 is 1.30 bits per heavy atom. The Bertz CT molecular complexity index is 629. The van der Waals surface area contributed by atoms with Gasteiger partial charge in [0, 0.05) is 5.02 Å². The van der Waals surface area contributed by atoms with Crippen LogP contribution in [0.2, 0.25) is 5.02 Å². The lowest BCUT2D eigenvalue weighted by molar-refractivity contribution is -0.115. The molecule has 7 heteroatoms. The third kappa shape index (κ3) is 3.72. The monoisotopic (exact) mass is 310 g/mol. The van der Waals surface area contributed by atoms with Gasteiger partial charge in [0.05, 0.1) is 17.1 Å². The maximum Gasteiger partial charge on any atom is 0.261 e. The van der Waals surface area contributed by atoms with Crippen molar-refractivity contribution in [2.45, 2.75) is 0 Å². The minimum absolute atomic E-state index is 0.0904. The Morgan fingerprint density at radius 2 is 2.10 bits per heavy atom. The summed E-state index contributed by atoms with van der Waals surface area (Å²) >= 11 is 7.05. The molecule has 0 aliphatic rings. The molecule has 2 amide bonds. The summed E-state index contributed by atoms with van der Waals surface area (Å²) in [6.45, 7) is -0.192. The average molecular weight is 311 g/mol. The van der Waals surface area contributed by atoms with Crippen LogP contribution < -0.4 is 10.6 Å². The maximum atomic E-state index is 11.7. The molecule has 1 aromatic carbocycles. The van der Waals surface area contributed by atoms with Gasteiger partial charge in [-0.15, -0.1) is 11.3 Å². The second-order valence-electron chi connectivity index (χ2n) is 3.87. The number of hydrogen-bond donors (Lipinski definition) is 3. The molecule has 104 valence electrons. The van der Waals surface area contributed by atoms with Gasteiger partial charge in [-0.1, -0.05) is 17.7 Å². The van der Waals surface area contributed by atoms with Gasteiger partial charge in [-0.25, -0.2) is 0 Å². The predicted octanol–water partition coefficient (Wildman–Crippen LogP) is 2.48. The molecule has 1 heterocycles. The molecule has 0 aliphatic heterocycles. The van der Waals surface area contributed by atoms with Gasteiger partial charge < -0.3 is 15.7 Å². The van der Waals surface area contributed by atoms with Crippen LogP contribution in [0.1, 0.15) is 9.67 Å². The minimum atomic E-state index is -0.451.